The van der Waals surface area contributed by atoms with Gasteiger partial charge >= 0.3 is 0 Å². The van der Waals surface area contributed by atoms with Crippen molar-refractivity contribution >= 4 is 63.3 Å². The summed E-state index contributed by atoms with van der Waals surface area (Å²) in [5.74, 6) is 0. The summed E-state index contributed by atoms with van der Waals surface area (Å²) in [5, 5.41) is 2.46. The molecule has 33 heavy (non-hydrogen) atoms. The van der Waals surface area contributed by atoms with Crippen LogP contribution < -0.4 is 0 Å². The molecule has 7 rings (SSSR count). The molecule has 0 fully saturated rings. The number of nitrogens with zero attached hydrogens (tertiary/aromatic N) is 2. The number of aromatic nitrogens is 2. The van der Waals surface area contributed by atoms with Crippen molar-refractivity contribution in [2.24, 2.45) is 0 Å². The Labute approximate surface area is 198 Å². The van der Waals surface area contributed by atoms with Crippen LogP contribution in [0.3, 0.4) is 0 Å². The van der Waals surface area contributed by atoms with Crippen molar-refractivity contribution < 1.29 is 0 Å². The predicted octanol–water partition coefficient (Wildman–Crippen LogP) is 8.85. The third-order valence-corrected chi connectivity index (χ3v) is 8.59. The Morgan fingerprint density at radius 2 is 1.09 bits per heavy atom. The molecule has 0 spiro atoms. The van der Waals surface area contributed by atoms with E-state index in [2.05, 4.69) is 83.6 Å². The summed E-state index contributed by atoms with van der Waals surface area (Å²) >= 11 is 3.65. The van der Waals surface area contributed by atoms with E-state index in [0.717, 1.165) is 11.0 Å². The van der Waals surface area contributed by atoms with Crippen molar-refractivity contribution in [2.75, 3.05) is 0 Å². The number of pyridine rings is 2. The van der Waals surface area contributed by atoms with E-state index in [1.165, 1.54) is 57.4 Å². The maximum Gasteiger partial charge on any atom is 0.0888 e. The van der Waals surface area contributed by atoms with Crippen LogP contribution in [0.25, 0.3) is 62.9 Å². The van der Waals surface area contributed by atoms with E-state index >= 15 is 0 Å². The standard InChI is InChI=1S/C29H18N2S2/c1-17-14-18(20-6-2-8-22-26-24(32-28(20)22)10-4-12-30-26)16-19(15-17)21-7-3-9-23-27-25(33-29(21)23)11-5-13-31-27/h2-16H,1H3. The van der Waals surface area contributed by atoms with Crippen LogP contribution in [-0.2, 0) is 0 Å². The number of benzene rings is 3. The molecule has 4 aromatic heterocycles. The van der Waals surface area contributed by atoms with Crippen LogP contribution in [0.1, 0.15) is 5.56 Å². The number of thiophene rings is 2. The quantitative estimate of drug-likeness (QED) is 0.258. The second kappa shape index (κ2) is 7.20. The lowest BCUT2D eigenvalue weighted by atomic mass is 9.95. The molecule has 7 aromatic rings. The average Bonchev–Trinajstić information content (AvgIpc) is 3.42. The van der Waals surface area contributed by atoms with Crippen molar-refractivity contribution in [3.8, 4) is 22.3 Å². The Hall–Kier alpha value is -3.60. The van der Waals surface area contributed by atoms with E-state index in [1.807, 2.05) is 47.2 Å². The Morgan fingerprint density at radius 3 is 1.61 bits per heavy atom. The van der Waals surface area contributed by atoms with Crippen LogP contribution in [0.4, 0.5) is 0 Å². The maximum atomic E-state index is 4.65. The normalized spacial score (nSPS) is 11.8. The maximum absolute atomic E-state index is 4.65. The topological polar surface area (TPSA) is 25.8 Å². The largest absolute Gasteiger partial charge is 0.255 e. The Kier molecular flexibility index (Phi) is 4.13. The number of rotatable bonds is 2. The van der Waals surface area contributed by atoms with Crippen LogP contribution in [-0.4, -0.2) is 9.97 Å². The van der Waals surface area contributed by atoms with Crippen molar-refractivity contribution in [1.29, 1.82) is 0 Å². The molecule has 156 valence electrons. The third kappa shape index (κ3) is 2.92. The molecule has 0 bridgehead atoms. The fourth-order valence-electron chi connectivity index (χ4n) is 4.79. The molecule has 0 aliphatic heterocycles. The lowest BCUT2D eigenvalue weighted by molar-refractivity contribution is 1.44. The SMILES string of the molecule is Cc1cc(-c2cccc3c2sc2cccnc23)cc(-c2cccc3c2sc2cccnc23)c1. The van der Waals surface area contributed by atoms with Crippen LogP contribution in [0.5, 0.6) is 0 Å². The summed E-state index contributed by atoms with van der Waals surface area (Å²) in [6, 6.07) is 28.4. The van der Waals surface area contributed by atoms with Gasteiger partial charge in [0.1, 0.15) is 0 Å². The van der Waals surface area contributed by atoms with Crippen molar-refractivity contribution in [1.82, 2.24) is 9.97 Å². The number of hydrogen-bond acceptors (Lipinski definition) is 4. The Balaban J connectivity index is 1.48. The molecule has 0 amide bonds. The third-order valence-electron chi connectivity index (χ3n) is 6.21. The van der Waals surface area contributed by atoms with Gasteiger partial charge in [-0.3, -0.25) is 9.97 Å². The molecular formula is C29H18N2S2. The molecule has 0 saturated carbocycles. The molecule has 4 heteroatoms. The zero-order valence-electron chi connectivity index (χ0n) is 17.9. The highest BCUT2D eigenvalue weighted by Crippen LogP contribution is 2.42. The zero-order chi connectivity index (χ0) is 21.9. The molecule has 4 heterocycles. The van der Waals surface area contributed by atoms with Crippen LogP contribution in [0.2, 0.25) is 0 Å². The smallest absolute Gasteiger partial charge is 0.0888 e. The predicted molar refractivity (Wildman–Crippen MR) is 143 cm³/mol. The minimum atomic E-state index is 1.09. The zero-order valence-corrected chi connectivity index (χ0v) is 19.5. The molecule has 0 unspecified atom stereocenters. The summed E-state index contributed by atoms with van der Waals surface area (Å²) in [5.41, 5.74) is 8.48. The minimum Gasteiger partial charge on any atom is -0.255 e. The van der Waals surface area contributed by atoms with Crippen molar-refractivity contribution in [3.63, 3.8) is 0 Å². The first-order valence-corrected chi connectivity index (χ1v) is 12.5. The average molecular weight is 459 g/mol. The fraction of sp³-hybridized carbons (Fsp3) is 0.0345. The van der Waals surface area contributed by atoms with E-state index in [9.17, 15) is 0 Å². The molecule has 0 radical (unpaired) electrons. The van der Waals surface area contributed by atoms with Gasteiger partial charge in [0.2, 0.25) is 0 Å². The van der Waals surface area contributed by atoms with Gasteiger partial charge in [0.05, 0.1) is 20.4 Å². The second-order valence-corrected chi connectivity index (χ2v) is 10.5. The van der Waals surface area contributed by atoms with Crippen LogP contribution in [0, 0.1) is 6.92 Å². The highest BCUT2D eigenvalue weighted by Gasteiger charge is 2.15. The van der Waals surface area contributed by atoms with Crippen molar-refractivity contribution in [2.45, 2.75) is 6.92 Å². The van der Waals surface area contributed by atoms with Gasteiger partial charge in [0, 0.05) is 32.6 Å². The van der Waals surface area contributed by atoms with Gasteiger partial charge in [0.25, 0.3) is 0 Å². The fourth-order valence-corrected chi connectivity index (χ4v) is 7.18. The summed E-state index contributed by atoms with van der Waals surface area (Å²) < 4.78 is 5.06. The molecule has 0 saturated heterocycles. The highest BCUT2D eigenvalue weighted by molar-refractivity contribution is 7.26. The highest BCUT2D eigenvalue weighted by atomic mass is 32.1. The lowest BCUT2D eigenvalue weighted by Gasteiger charge is -2.10. The van der Waals surface area contributed by atoms with Gasteiger partial charge in [-0.1, -0.05) is 48.5 Å². The molecule has 0 aliphatic carbocycles. The Bertz CT molecular complexity index is 1710. The number of fused-ring (bicyclic) bond motifs is 6. The molecule has 3 aromatic carbocycles. The first-order chi connectivity index (χ1) is 16.3. The van der Waals surface area contributed by atoms with E-state index < -0.39 is 0 Å². The first-order valence-electron chi connectivity index (χ1n) is 10.9. The van der Waals surface area contributed by atoms with Crippen molar-refractivity contribution in [3.05, 3.63) is 96.8 Å². The second-order valence-electron chi connectivity index (χ2n) is 8.36. The monoisotopic (exact) mass is 458 g/mol. The summed E-state index contributed by atoms with van der Waals surface area (Å²) in [6.45, 7) is 2.19. The Morgan fingerprint density at radius 1 is 0.576 bits per heavy atom. The molecular weight excluding hydrogens is 440 g/mol. The molecule has 2 nitrogen and oxygen atoms in total. The van der Waals surface area contributed by atoms with E-state index in [-0.39, 0.29) is 0 Å². The summed E-state index contributed by atoms with van der Waals surface area (Å²) in [4.78, 5) is 9.30. The van der Waals surface area contributed by atoms with Gasteiger partial charge in [-0.2, -0.15) is 0 Å². The minimum absolute atomic E-state index is 1.09. The molecule has 0 N–H and O–H groups in total. The molecule has 0 aliphatic rings. The summed E-state index contributed by atoms with van der Waals surface area (Å²) in [6.07, 6.45) is 3.76. The number of hydrogen-bond donors (Lipinski definition) is 0. The van der Waals surface area contributed by atoms with Gasteiger partial charge < -0.3 is 0 Å². The summed E-state index contributed by atoms with van der Waals surface area (Å²) in [7, 11) is 0. The van der Waals surface area contributed by atoms with Gasteiger partial charge in [-0.15, -0.1) is 22.7 Å². The van der Waals surface area contributed by atoms with Gasteiger partial charge in [-0.05, 0) is 65.1 Å². The van der Waals surface area contributed by atoms with E-state index in [0.29, 0.717) is 0 Å². The van der Waals surface area contributed by atoms with Gasteiger partial charge in [-0.25, -0.2) is 0 Å². The lowest BCUT2D eigenvalue weighted by Crippen LogP contribution is -1.85. The van der Waals surface area contributed by atoms with Crippen LogP contribution in [0.15, 0.2) is 91.3 Å². The number of aryl methyl sites for hydroxylation is 1. The van der Waals surface area contributed by atoms with E-state index in [1.54, 1.807) is 0 Å². The van der Waals surface area contributed by atoms with Gasteiger partial charge in [0.15, 0.2) is 0 Å². The van der Waals surface area contributed by atoms with E-state index in [4.69, 9.17) is 0 Å². The molecule has 0 atom stereocenters. The first kappa shape index (κ1) is 18.9. The van der Waals surface area contributed by atoms with Crippen LogP contribution >= 0.6 is 22.7 Å².